The Morgan fingerprint density at radius 2 is 1.86 bits per heavy atom. The van der Waals surface area contributed by atoms with Crippen LogP contribution >= 0.6 is 23.4 Å². The van der Waals surface area contributed by atoms with E-state index in [2.05, 4.69) is 17.1 Å². The van der Waals surface area contributed by atoms with Gasteiger partial charge in [-0.2, -0.15) is 0 Å². The highest BCUT2D eigenvalue weighted by atomic mass is 35.5. The number of hydrogen-bond donors (Lipinski definition) is 0. The first kappa shape index (κ1) is 14.2. The van der Waals surface area contributed by atoms with Crippen LogP contribution in [0.2, 0.25) is 5.15 Å². The molecule has 0 atom stereocenters. The quantitative estimate of drug-likeness (QED) is 0.488. The maximum Gasteiger partial charge on any atom is 0.133 e. The highest BCUT2D eigenvalue weighted by molar-refractivity contribution is 7.98. The van der Waals surface area contributed by atoms with Gasteiger partial charge in [0, 0.05) is 21.6 Å². The molecule has 0 saturated heterocycles. The van der Waals surface area contributed by atoms with Gasteiger partial charge in [0.05, 0.1) is 12.6 Å². The van der Waals surface area contributed by atoms with E-state index in [9.17, 15) is 0 Å². The van der Waals surface area contributed by atoms with Crippen LogP contribution in [0.25, 0.3) is 10.9 Å². The second kappa shape index (κ2) is 6.37. The molecule has 0 saturated carbocycles. The third kappa shape index (κ3) is 3.31. The zero-order chi connectivity index (χ0) is 14.7. The van der Waals surface area contributed by atoms with E-state index in [1.807, 2.05) is 42.5 Å². The molecule has 3 aromatic rings. The maximum absolute atomic E-state index is 6.27. The van der Waals surface area contributed by atoms with Gasteiger partial charge in [0.2, 0.25) is 0 Å². The van der Waals surface area contributed by atoms with Crippen molar-refractivity contribution in [3.05, 3.63) is 65.3 Å². The number of methoxy groups -OCH3 is 1. The van der Waals surface area contributed by atoms with Gasteiger partial charge >= 0.3 is 0 Å². The minimum absolute atomic E-state index is 0.578. The number of benzene rings is 2. The Morgan fingerprint density at radius 3 is 2.62 bits per heavy atom. The lowest BCUT2D eigenvalue weighted by atomic mass is 10.2. The van der Waals surface area contributed by atoms with E-state index in [0.29, 0.717) is 5.15 Å². The minimum Gasteiger partial charge on any atom is -0.497 e. The molecule has 21 heavy (non-hydrogen) atoms. The van der Waals surface area contributed by atoms with E-state index >= 15 is 0 Å². The van der Waals surface area contributed by atoms with Gasteiger partial charge in [0.15, 0.2) is 0 Å². The number of para-hydroxylation sites is 1. The molecular weight excluding hydrogens is 302 g/mol. The van der Waals surface area contributed by atoms with Crippen molar-refractivity contribution in [3.8, 4) is 5.75 Å². The fourth-order valence-electron chi connectivity index (χ4n) is 2.07. The van der Waals surface area contributed by atoms with Gasteiger partial charge in [-0.05, 0) is 36.4 Å². The largest absolute Gasteiger partial charge is 0.497 e. The van der Waals surface area contributed by atoms with Gasteiger partial charge in [-0.3, -0.25) is 0 Å². The summed E-state index contributed by atoms with van der Waals surface area (Å²) in [6, 6.07) is 18.1. The first-order chi connectivity index (χ1) is 10.3. The van der Waals surface area contributed by atoms with E-state index in [0.717, 1.165) is 28.0 Å². The first-order valence-electron chi connectivity index (χ1n) is 6.57. The van der Waals surface area contributed by atoms with Crippen molar-refractivity contribution < 1.29 is 4.74 Å². The summed E-state index contributed by atoms with van der Waals surface area (Å²) in [5.41, 5.74) is 1.98. The van der Waals surface area contributed by atoms with Gasteiger partial charge in [-0.15, -0.1) is 11.8 Å². The number of pyridine rings is 1. The Kier molecular flexibility index (Phi) is 4.32. The van der Waals surface area contributed by atoms with Crippen molar-refractivity contribution in [1.82, 2.24) is 4.98 Å². The summed E-state index contributed by atoms with van der Waals surface area (Å²) >= 11 is 8.01. The standard InChI is InChI=1S/C17H14ClNOS/c1-20-14-6-8-15(9-7-14)21-11-13-10-12-4-2-3-5-16(12)19-17(13)18/h2-10H,11H2,1H3. The second-order valence-corrected chi connectivity index (χ2v) is 6.00. The van der Waals surface area contributed by atoms with E-state index in [1.54, 1.807) is 18.9 Å². The lowest BCUT2D eigenvalue weighted by Crippen LogP contribution is -1.88. The smallest absolute Gasteiger partial charge is 0.133 e. The molecule has 0 radical (unpaired) electrons. The zero-order valence-electron chi connectivity index (χ0n) is 11.5. The van der Waals surface area contributed by atoms with Crippen molar-refractivity contribution in [2.75, 3.05) is 7.11 Å². The number of hydrogen-bond acceptors (Lipinski definition) is 3. The number of aromatic nitrogens is 1. The van der Waals surface area contributed by atoms with Gasteiger partial charge in [0.1, 0.15) is 10.9 Å². The summed E-state index contributed by atoms with van der Waals surface area (Å²) in [6.07, 6.45) is 0. The molecule has 4 heteroatoms. The summed E-state index contributed by atoms with van der Waals surface area (Å²) in [6.45, 7) is 0. The second-order valence-electron chi connectivity index (χ2n) is 4.60. The highest BCUT2D eigenvalue weighted by Crippen LogP contribution is 2.29. The molecule has 3 rings (SSSR count). The summed E-state index contributed by atoms with van der Waals surface area (Å²) in [5.74, 6) is 1.66. The number of thioether (sulfide) groups is 1. The lowest BCUT2D eigenvalue weighted by molar-refractivity contribution is 0.414. The van der Waals surface area contributed by atoms with Crippen molar-refractivity contribution >= 4 is 34.3 Å². The molecule has 0 amide bonds. The van der Waals surface area contributed by atoms with Gasteiger partial charge in [0.25, 0.3) is 0 Å². The number of fused-ring (bicyclic) bond motifs is 1. The average Bonchev–Trinajstić information content (AvgIpc) is 2.53. The van der Waals surface area contributed by atoms with Crippen LogP contribution in [0.5, 0.6) is 5.75 Å². The molecule has 2 nitrogen and oxygen atoms in total. The van der Waals surface area contributed by atoms with Gasteiger partial charge in [-0.1, -0.05) is 29.8 Å². The number of rotatable bonds is 4. The minimum atomic E-state index is 0.578. The molecule has 0 fully saturated rings. The van der Waals surface area contributed by atoms with Gasteiger partial charge < -0.3 is 4.74 Å². The summed E-state index contributed by atoms with van der Waals surface area (Å²) < 4.78 is 5.16. The predicted octanol–water partition coefficient (Wildman–Crippen LogP) is 5.19. The van der Waals surface area contributed by atoms with Crippen molar-refractivity contribution in [2.24, 2.45) is 0 Å². The van der Waals surface area contributed by atoms with Crippen LogP contribution in [-0.4, -0.2) is 12.1 Å². The Balaban J connectivity index is 1.79. The molecule has 0 aliphatic carbocycles. The van der Waals surface area contributed by atoms with E-state index in [-0.39, 0.29) is 0 Å². The number of ether oxygens (including phenoxy) is 1. The molecule has 1 heterocycles. The molecule has 106 valence electrons. The van der Waals surface area contributed by atoms with Crippen molar-refractivity contribution in [2.45, 2.75) is 10.6 Å². The summed E-state index contributed by atoms with van der Waals surface area (Å²) in [5, 5.41) is 1.70. The first-order valence-corrected chi connectivity index (χ1v) is 7.93. The van der Waals surface area contributed by atoms with Crippen LogP contribution in [0, 0.1) is 0 Å². The van der Waals surface area contributed by atoms with E-state index in [1.165, 1.54) is 4.90 Å². The van der Waals surface area contributed by atoms with Crippen LogP contribution < -0.4 is 4.74 Å². The fraction of sp³-hybridized carbons (Fsp3) is 0.118. The molecule has 0 unspecified atom stereocenters. The summed E-state index contributed by atoms with van der Waals surface area (Å²) in [4.78, 5) is 5.63. The SMILES string of the molecule is COc1ccc(SCc2cc3ccccc3nc2Cl)cc1. The topological polar surface area (TPSA) is 22.1 Å². The molecule has 1 aromatic heterocycles. The Morgan fingerprint density at radius 1 is 1.10 bits per heavy atom. The van der Waals surface area contributed by atoms with Crippen molar-refractivity contribution in [1.29, 1.82) is 0 Å². The fourth-order valence-corrected chi connectivity index (χ4v) is 3.23. The number of nitrogens with zero attached hydrogens (tertiary/aromatic N) is 1. The van der Waals surface area contributed by atoms with Crippen LogP contribution in [0.15, 0.2) is 59.5 Å². The lowest BCUT2D eigenvalue weighted by Gasteiger charge is -2.07. The third-order valence-corrected chi connectivity index (χ3v) is 4.59. The molecular formula is C17H14ClNOS. The van der Waals surface area contributed by atoms with Gasteiger partial charge in [-0.25, -0.2) is 4.98 Å². The van der Waals surface area contributed by atoms with E-state index in [4.69, 9.17) is 16.3 Å². The Bertz CT molecular complexity index is 758. The van der Waals surface area contributed by atoms with Crippen LogP contribution in [-0.2, 0) is 5.75 Å². The van der Waals surface area contributed by atoms with Crippen molar-refractivity contribution in [3.63, 3.8) is 0 Å². The van der Waals surface area contributed by atoms with Crippen LogP contribution in [0.4, 0.5) is 0 Å². The molecule has 0 N–H and O–H groups in total. The molecule has 0 aliphatic rings. The van der Waals surface area contributed by atoms with Crippen LogP contribution in [0.1, 0.15) is 5.56 Å². The Hall–Kier alpha value is -1.71. The highest BCUT2D eigenvalue weighted by Gasteiger charge is 2.05. The summed E-state index contributed by atoms with van der Waals surface area (Å²) in [7, 11) is 1.67. The predicted molar refractivity (Wildman–Crippen MR) is 89.3 cm³/mol. The average molecular weight is 316 g/mol. The Labute approximate surface area is 133 Å². The molecule has 0 spiro atoms. The molecule has 0 aliphatic heterocycles. The molecule has 2 aromatic carbocycles. The molecule has 0 bridgehead atoms. The third-order valence-electron chi connectivity index (χ3n) is 3.20. The normalized spacial score (nSPS) is 10.8. The monoisotopic (exact) mass is 315 g/mol. The van der Waals surface area contributed by atoms with Crippen LogP contribution in [0.3, 0.4) is 0 Å². The number of halogens is 1. The van der Waals surface area contributed by atoms with E-state index < -0.39 is 0 Å². The maximum atomic E-state index is 6.27. The zero-order valence-corrected chi connectivity index (χ0v) is 13.1.